The van der Waals surface area contributed by atoms with Crippen LogP contribution in [0.2, 0.25) is 0 Å². The van der Waals surface area contributed by atoms with Crippen LogP contribution in [0.1, 0.15) is 12.8 Å². The van der Waals surface area contributed by atoms with Gasteiger partial charge in [0.25, 0.3) is 0 Å². The number of nitrogens with two attached hydrogens (primary N) is 1. The Kier molecular flexibility index (Phi) is 4.34. The Labute approximate surface area is 111 Å². The fourth-order valence-electron chi connectivity index (χ4n) is 2.33. The van der Waals surface area contributed by atoms with E-state index in [0.717, 1.165) is 19.4 Å². The van der Waals surface area contributed by atoms with Gasteiger partial charge in [0.1, 0.15) is 5.82 Å². The van der Waals surface area contributed by atoms with Crippen molar-refractivity contribution in [2.24, 2.45) is 0 Å². The van der Waals surface area contributed by atoms with Gasteiger partial charge in [-0.3, -0.25) is 9.69 Å². The Balaban J connectivity index is 1.94. The zero-order valence-corrected chi connectivity index (χ0v) is 10.6. The second kappa shape index (κ2) is 5.99. The van der Waals surface area contributed by atoms with E-state index in [-0.39, 0.29) is 30.8 Å². The molecule has 104 valence electrons. The van der Waals surface area contributed by atoms with Crippen LogP contribution < -0.4 is 11.1 Å². The first-order valence-electron chi connectivity index (χ1n) is 6.30. The van der Waals surface area contributed by atoms with Gasteiger partial charge in [0.15, 0.2) is 0 Å². The molecular formula is C13H18FN3O2. The molecule has 0 radical (unpaired) electrons. The number of benzene rings is 1. The van der Waals surface area contributed by atoms with Crippen molar-refractivity contribution in [2.45, 2.75) is 18.9 Å². The summed E-state index contributed by atoms with van der Waals surface area (Å²) in [4.78, 5) is 13.8. The van der Waals surface area contributed by atoms with Gasteiger partial charge in [-0.2, -0.15) is 0 Å². The highest BCUT2D eigenvalue weighted by Gasteiger charge is 2.25. The van der Waals surface area contributed by atoms with Crippen LogP contribution in [0.4, 0.5) is 15.8 Å². The van der Waals surface area contributed by atoms with Crippen LogP contribution in [0, 0.1) is 5.82 Å². The fourth-order valence-corrected chi connectivity index (χ4v) is 2.33. The Morgan fingerprint density at radius 1 is 1.58 bits per heavy atom. The minimum Gasteiger partial charge on any atom is -0.397 e. The third kappa shape index (κ3) is 3.42. The standard InChI is InChI=1S/C13H18FN3O2/c14-9-3-4-12(11(15)6-9)16-13(19)7-17-5-1-2-10(17)8-18/h3-4,6,10,18H,1-2,5,7-8,15H2,(H,16,19). The topological polar surface area (TPSA) is 78.6 Å². The summed E-state index contributed by atoms with van der Waals surface area (Å²) in [5.41, 5.74) is 6.23. The molecule has 1 aliphatic heterocycles. The number of rotatable bonds is 4. The molecular weight excluding hydrogens is 249 g/mol. The van der Waals surface area contributed by atoms with Gasteiger partial charge in [-0.15, -0.1) is 0 Å². The van der Waals surface area contributed by atoms with Gasteiger partial charge < -0.3 is 16.2 Å². The summed E-state index contributed by atoms with van der Waals surface area (Å²) in [5.74, 6) is -0.644. The van der Waals surface area contributed by atoms with Crippen LogP contribution in [0.15, 0.2) is 18.2 Å². The van der Waals surface area contributed by atoms with Crippen LogP contribution in [0.3, 0.4) is 0 Å². The quantitative estimate of drug-likeness (QED) is 0.705. The molecule has 19 heavy (non-hydrogen) atoms. The van der Waals surface area contributed by atoms with Gasteiger partial charge in [0.05, 0.1) is 24.5 Å². The molecule has 6 heteroatoms. The number of carbonyl (C=O) groups excluding carboxylic acids is 1. The number of amides is 1. The van der Waals surface area contributed by atoms with E-state index in [1.165, 1.54) is 18.2 Å². The maximum absolute atomic E-state index is 12.9. The third-order valence-electron chi connectivity index (χ3n) is 3.34. The van der Waals surface area contributed by atoms with E-state index in [1.54, 1.807) is 0 Å². The number of nitrogens with zero attached hydrogens (tertiary/aromatic N) is 1. The molecule has 1 aliphatic rings. The molecule has 0 aromatic heterocycles. The molecule has 1 aromatic carbocycles. The van der Waals surface area contributed by atoms with E-state index in [0.29, 0.717) is 5.69 Å². The third-order valence-corrected chi connectivity index (χ3v) is 3.34. The number of likely N-dealkylation sites (tertiary alicyclic amines) is 1. The van der Waals surface area contributed by atoms with Gasteiger partial charge in [-0.25, -0.2) is 4.39 Å². The number of hydrogen-bond donors (Lipinski definition) is 3. The summed E-state index contributed by atoms with van der Waals surface area (Å²) < 4.78 is 12.9. The van der Waals surface area contributed by atoms with Crippen molar-refractivity contribution in [3.05, 3.63) is 24.0 Å². The Morgan fingerprint density at radius 3 is 3.05 bits per heavy atom. The summed E-state index contributed by atoms with van der Waals surface area (Å²) in [6.07, 6.45) is 1.89. The lowest BCUT2D eigenvalue weighted by Gasteiger charge is -2.22. The molecule has 0 bridgehead atoms. The maximum Gasteiger partial charge on any atom is 0.238 e. The van der Waals surface area contributed by atoms with E-state index in [1.807, 2.05) is 4.90 Å². The molecule has 5 nitrogen and oxygen atoms in total. The molecule has 1 atom stereocenters. The molecule has 1 unspecified atom stereocenters. The van der Waals surface area contributed by atoms with Crippen LogP contribution in [0.25, 0.3) is 0 Å². The van der Waals surface area contributed by atoms with Crippen LogP contribution in [0.5, 0.6) is 0 Å². The van der Waals surface area contributed by atoms with Crippen LogP contribution >= 0.6 is 0 Å². The van der Waals surface area contributed by atoms with E-state index < -0.39 is 5.82 Å². The molecule has 0 aliphatic carbocycles. The number of nitrogens with one attached hydrogen (secondary N) is 1. The van der Waals surface area contributed by atoms with Gasteiger partial charge in [0, 0.05) is 6.04 Å². The highest BCUT2D eigenvalue weighted by atomic mass is 19.1. The Morgan fingerprint density at radius 2 is 2.37 bits per heavy atom. The SMILES string of the molecule is Nc1cc(F)ccc1NC(=O)CN1CCCC1CO. The fraction of sp³-hybridized carbons (Fsp3) is 0.462. The average Bonchev–Trinajstić information content (AvgIpc) is 2.80. The van der Waals surface area contributed by atoms with Crippen molar-refractivity contribution in [3.63, 3.8) is 0 Å². The van der Waals surface area contributed by atoms with E-state index in [9.17, 15) is 14.3 Å². The summed E-state index contributed by atoms with van der Waals surface area (Å²) in [6, 6.07) is 3.91. The van der Waals surface area contributed by atoms with Crippen molar-refractivity contribution in [3.8, 4) is 0 Å². The Hall–Kier alpha value is -1.66. The minimum atomic E-state index is -0.435. The van der Waals surface area contributed by atoms with Crippen LogP contribution in [-0.2, 0) is 4.79 Å². The zero-order chi connectivity index (χ0) is 13.8. The summed E-state index contributed by atoms with van der Waals surface area (Å²) in [7, 11) is 0. The molecule has 1 saturated heterocycles. The number of aliphatic hydroxyl groups excluding tert-OH is 1. The van der Waals surface area contributed by atoms with E-state index >= 15 is 0 Å². The number of carbonyl (C=O) groups is 1. The second-order valence-electron chi connectivity index (χ2n) is 4.73. The predicted molar refractivity (Wildman–Crippen MR) is 71.1 cm³/mol. The van der Waals surface area contributed by atoms with Crippen molar-refractivity contribution in [1.29, 1.82) is 0 Å². The van der Waals surface area contributed by atoms with Gasteiger partial charge in [-0.05, 0) is 37.6 Å². The predicted octanol–water partition coefficient (Wildman–Crippen LogP) is 0.803. The molecule has 0 saturated carbocycles. The summed E-state index contributed by atoms with van der Waals surface area (Å²) in [5, 5.41) is 11.8. The Bertz CT molecular complexity index is 467. The molecule has 4 N–H and O–H groups in total. The number of hydrogen-bond acceptors (Lipinski definition) is 4. The smallest absolute Gasteiger partial charge is 0.238 e. The lowest BCUT2D eigenvalue weighted by molar-refractivity contribution is -0.117. The zero-order valence-electron chi connectivity index (χ0n) is 10.6. The van der Waals surface area contributed by atoms with Crippen molar-refractivity contribution < 1.29 is 14.3 Å². The number of nitrogen functional groups attached to an aromatic ring is 1. The highest BCUT2D eigenvalue weighted by Crippen LogP contribution is 2.20. The molecule has 1 amide bonds. The lowest BCUT2D eigenvalue weighted by atomic mass is 10.2. The largest absolute Gasteiger partial charge is 0.397 e. The first-order chi connectivity index (χ1) is 9.10. The first-order valence-corrected chi connectivity index (χ1v) is 6.30. The maximum atomic E-state index is 12.9. The van der Waals surface area contributed by atoms with Crippen molar-refractivity contribution in [1.82, 2.24) is 4.90 Å². The number of anilines is 2. The lowest BCUT2D eigenvalue weighted by Crippen LogP contribution is -2.38. The summed E-state index contributed by atoms with van der Waals surface area (Å²) >= 11 is 0. The second-order valence-corrected chi connectivity index (χ2v) is 4.73. The van der Waals surface area contributed by atoms with E-state index in [2.05, 4.69) is 5.32 Å². The first kappa shape index (κ1) is 13.8. The average molecular weight is 267 g/mol. The molecule has 2 rings (SSSR count). The molecule has 0 spiro atoms. The van der Waals surface area contributed by atoms with Crippen molar-refractivity contribution in [2.75, 3.05) is 30.7 Å². The molecule has 1 heterocycles. The van der Waals surface area contributed by atoms with E-state index in [4.69, 9.17) is 5.73 Å². The van der Waals surface area contributed by atoms with Gasteiger partial charge in [-0.1, -0.05) is 0 Å². The highest BCUT2D eigenvalue weighted by molar-refractivity contribution is 5.95. The summed E-state index contributed by atoms with van der Waals surface area (Å²) in [6.45, 7) is 1.07. The number of halogens is 1. The number of aliphatic hydroxyl groups is 1. The molecule has 1 aromatic rings. The van der Waals surface area contributed by atoms with Crippen LogP contribution in [-0.4, -0.2) is 41.7 Å². The minimum absolute atomic E-state index is 0.0521. The normalized spacial score (nSPS) is 19.6. The van der Waals surface area contributed by atoms with Crippen molar-refractivity contribution >= 4 is 17.3 Å². The van der Waals surface area contributed by atoms with Gasteiger partial charge in [0.2, 0.25) is 5.91 Å². The monoisotopic (exact) mass is 267 g/mol. The van der Waals surface area contributed by atoms with Gasteiger partial charge >= 0.3 is 0 Å². The molecule has 1 fully saturated rings.